The highest BCUT2D eigenvalue weighted by Gasteiger charge is 2.40. The minimum absolute atomic E-state index is 0.0241. The predicted molar refractivity (Wildman–Crippen MR) is 87.7 cm³/mol. The van der Waals surface area contributed by atoms with Gasteiger partial charge in [0.15, 0.2) is 5.76 Å². The first-order chi connectivity index (χ1) is 11.0. The Hall–Kier alpha value is -1.53. The van der Waals surface area contributed by atoms with Crippen LogP contribution in [0.25, 0.3) is 5.76 Å². The van der Waals surface area contributed by atoms with Crippen LogP contribution in [-0.4, -0.2) is 44.8 Å². The number of nitrogens with zero attached hydrogens (tertiary/aromatic N) is 1. The van der Waals surface area contributed by atoms with E-state index in [1.807, 2.05) is 25.1 Å². The molecular formula is C17H21NO4S. The molecule has 124 valence electrons. The molecule has 3 heterocycles. The van der Waals surface area contributed by atoms with Crippen molar-refractivity contribution < 1.29 is 17.3 Å². The minimum Gasteiger partial charge on any atom is -0.488 e. The molecule has 1 aromatic rings. The molecule has 1 saturated heterocycles. The molecule has 23 heavy (non-hydrogen) atoms. The SMILES string of the molecule is Cc1ccc2c(c1)C1=C(CO2)C(N2CCCCC2)CS(=O)(=O)O1. The maximum absolute atomic E-state index is 12.3. The van der Waals surface area contributed by atoms with Gasteiger partial charge in [-0.15, -0.1) is 0 Å². The number of hydrogen-bond donors (Lipinski definition) is 0. The Kier molecular flexibility index (Phi) is 3.61. The molecule has 0 amide bonds. The predicted octanol–water partition coefficient (Wildman–Crippen LogP) is 2.31. The second kappa shape index (κ2) is 5.53. The molecule has 1 atom stereocenters. The van der Waals surface area contributed by atoms with Crippen LogP contribution in [0.1, 0.15) is 30.4 Å². The van der Waals surface area contributed by atoms with Crippen LogP contribution in [0.15, 0.2) is 23.8 Å². The van der Waals surface area contributed by atoms with Crippen molar-refractivity contribution in [3.63, 3.8) is 0 Å². The van der Waals surface area contributed by atoms with E-state index in [9.17, 15) is 8.42 Å². The van der Waals surface area contributed by atoms with Crippen LogP contribution in [0.5, 0.6) is 5.75 Å². The van der Waals surface area contributed by atoms with E-state index in [-0.39, 0.29) is 11.8 Å². The highest BCUT2D eigenvalue weighted by molar-refractivity contribution is 7.87. The molecule has 3 aliphatic heterocycles. The summed E-state index contributed by atoms with van der Waals surface area (Å²) in [5.74, 6) is 1.22. The van der Waals surface area contributed by atoms with Crippen molar-refractivity contribution in [3.8, 4) is 5.75 Å². The lowest BCUT2D eigenvalue weighted by Gasteiger charge is -2.40. The van der Waals surface area contributed by atoms with E-state index in [4.69, 9.17) is 8.92 Å². The van der Waals surface area contributed by atoms with Crippen molar-refractivity contribution in [3.05, 3.63) is 34.9 Å². The molecule has 0 bridgehead atoms. The number of likely N-dealkylation sites (tertiary alicyclic amines) is 1. The van der Waals surface area contributed by atoms with Crippen LogP contribution >= 0.6 is 0 Å². The number of rotatable bonds is 1. The summed E-state index contributed by atoms with van der Waals surface area (Å²) in [4.78, 5) is 2.28. The molecule has 1 unspecified atom stereocenters. The Morgan fingerprint density at radius 2 is 1.96 bits per heavy atom. The van der Waals surface area contributed by atoms with Crippen molar-refractivity contribution in [2.24, 2.45) is 0 Å². The lowest BCUT2D eigenvalue weighted by Crippen LogP contribution is -2.48. The van der Waals surface area contributed by atoms with Gasteiger partial charge in [-0.1, -0.05) is 18.1 Å². The van der Waals surface area contributed by atoms with E-state index in [0.717, 1.165) is 42.6 Å². The first kappa shape index (κ1) is 15.0. The van der Waals surface area contributed by atoms with Crippen LogP contribution in [0.3, 0.4) is 0 Å². The van der Waals surface area contributed by atoms with Crippen molar-refractivity contribution in [2.75, 3.05) is 25.4 Å². The molecule has 1 aromatic carbocycles. The molecule has 0 radical (unpaired) electrons. The van der Waals surface area contributed by atoms with Crippen molar-refractivity contribution >= 4 is 15.9 Å². The van der Waals surface area contributed by atoms with E-state index < -0.39 is 10.1 Å². The Morgan fingerprint density at radius 3 is 2.74 bits per heavy atom. The van der Waals surface area contributed by atoms with E-state index >= 15 is 0 Å². The maximum atomic E-state index is 12.3. The van der Waals surface area contributed by atoms with Crippen molar-refractivity contribution in [1.82, 2.24) is 4.90 Å². The van der Waals surface area contributed by atoms with Gasteiger partial charge in [-0.05, 0) is 45.0 Å². The number of benzene rings is 1. The Balaban J connectivity index is 1.81. The highest BCUT2D eigenvalue weighted by Crippen LogP contribution is 2.40. The fourth-order valence-electron chi connectivity index (χ4n) is 3.70. The molecule has 1 fully saturated rings. The average Bonchev–Trinajstić information content (AvgIpc) is 2.54. The Morgan fingerprint density at radius 1 is 1.17 bits per heavy atom. The third kappa shape index (κ3) is 2.74. The fourth-order valence-corrected chi connectivity index (χ4v) is 5.02. The van der Waals surface area contributed by atoms with E-state index in [1.54, 1.807) is 0 Å². The zero-order chi connectivity index (χ0) is 16.0. The largest absolute Gasteiger partial charge is 0.488 e. The summed E-state index contributed by atoms with van der Waals surface area (Å²) in [7, 11) is -3.56. The number of hydrogen-bond acceptors (Lipinski definition) is 5. The monoisotopic (exact) mass is 335 g/mol. The summed E-state index contributed by atoms with van der Waals surface area (Å²) in [6.07, 6.45) is 3.46. The molecular weight excluding hydrogens is 314 g/mol. The van der Waals surface area contributed by atoms with Gasteiger partial charge < -0.3 is 8.92 Å². The molecule has 5 nitrogen and oxygen atoms in total. The van der Waals surface area contributed by atoms with E-state index in [1.165, 1.54) is 6.42 Å². The smallest absolute Gasteiger partial charge is 0.311 e. The maximum Gasteiger partial charge on any atom is 0.311 e. The van der Waals surface area contributed by atoms with Crippen LogP contribution < -0.4 is 4.74 Å². The molecule has 0 aliphatic carbocycles. The van der Waals surface area contributed by atoms with Crippen LogP contribution in [0.2, 0.25) is 0 Å². The molecule has 4 rings (SSSR count). The van der Waals surface area contributed by atoms with E-state index in [2.05, 4.69) is 4.90 Å². The highest BCUT2D eigenvalue weighted by atomic mass is 32.2. The second-order valence-electron chi connectivity index (χ2n) is 6.56. The third-order valence-electron chi connectivity index (χ3n) is 4.86. The Bertz CT molecular complexity index is 763. The molecule has 3 aliphatic rings. The number of piperidine rings is 1. The normalized spacial score (nSPS) is 26.7. The summed E-state index contributed by atoms with van der Waals surface area (Å²) in [6, 6.07) is 5.66. The van der Waals surface area contributed by atoms with Gasteiger partial charge in [0.1, 0.15) is 18.1 Å². The third-order valence-corrected chi connectivity index (χ3v) is 6.01. The van der Waals surface area contributed by atoms with Gasteiger partial charge in [0.25, 0.3) is 0 Å². The summed E-state index contributed by atoms with van der Waals surface area (Å²) >= 11 is 0. The summed E-state index contributed by atoms with van der Waals surface area (Å²) in [5.41, 5.74) is 2.79. The summed E-state index contributed by atoms with van der Waals surface area (Å²) in [5, 5.41) is 0. The molecule has 0 saturated carbocycles. The molecule has 0 aromatic heterocycles. The fraction of sp³-hybridized carbons (Fsp3) is 0.529. The van der Waals surface area contributed by atoms with Crippen molar-refractivity contribution in [2.45, 2.75) is 32.2 Å². The zero-order valence-electron chi connectivity index (χ0n) is 13.2. The quantitative estimate of drug-likeness (QED) is 0.737. The van der Waals surface area contributed by atoms with Gasteiger partial charge in [-0.2, -0.15) is 8.42 Å². The summed E-state index contributed by atoms with van der Waals surface area (Å²) in [6.45, 7) is 4.27. The molecule has 6 heteroatoms. The van der Waals surface area contributed by atoms with Crippen molar-refractivity contribution in [1.29, 1.82) is 0 Å². The van der Waals surface area contributed by atoms with Gasteiger partial charge in [0, 0.05) is 5.57 Å². The number of fused-ring (bicyclic) bond motifs is 2. The second-order valence-corrected chi connectivity index (χ2v) is 8.18. The molecule has 0 N–H and O–H groups in total. The van der Waals surface area contributed by atoms with Gasteiger partial charge in [-0.3, -0.25) is 4.90 Å². The number of ether oxygens (including phenoxy) is 1. The lowest BCUT2D eigenvalue weighted by atomic mass is 9.96. The van der Waals surface area contributed by atoms with Crippen LogP contribution in [-0.2, 0) is 14.3 Å². The topological polar surface area (TPSA) is 55.8 Å². The summed E-state index contributed by atoms with van der Waals surface area (Å²) < 4.78 is 36.0. The van der Waals surface area contributed by atoms with Crippen LogP contribution in [0, 0.1) is 6.92 Å². The Labute approximate surface area is 137 Å². The average molecular weight is 335 g/mol. The minimum atomic E-state index is -3.56. The van der Waals surface area contributed by atoms with Crippen LogP contribution in [0.4, 0.5) is 0 Å². The van der Waals surface area contributed by atoms with E-state index in [0.29, 0.717) is 18.1 Å². The van der Waals surface area contributed by atoms with Gasteiger partial charge in [0.2, 0.25) is 0 Å². The number of aryl methyl sites for hydroxylation is 1. The van der Waals surface area contributed by atoms with Gasteiger partial charge in [0.05, 0.1) is 11.6 Å². The van der Waals surface area contributed by atoms with Gasteiger partial charge in [-0.25, -0.2) is 0 Å². The first-order valence-electron chi connectivity index (χ1n) is 8.16. The molecule has 0 spiro atoms. The van der Waals surface area contributed by atoms with Gasteiger partial charge >= 0.3 is 10.1 Å². The lowest BCUT2D eigenvalue weighted by molar-refractivity contribution is 0.176. The first-order valence-corrected chi connectivity index (χ1v) is 9.74. The zero-order valence-corrected chi connectivity index (χ0v) is 14.1. The standard InChI is InChI=1S/C17H21NO4S/c1-12-5-6-16-13(9-12)17-14(10-21-16)15(11-23(19,20)22-17)18-7-3-2-4-8-18/h5-6,9,15H,2-4,7-8,10-11H2,1H3.